The van der Waals surface area contributed by atoms with Crippen LogP contribution in [0.15, 0.2) is 15.3 Å². The van der Waals surface area contributed by atoms with E-state index in [4.69, 9.17) is 4.42 Å². The zero-order chi connectivity index (χ0) is 13.1. The van der Waals surface area contributed by atoms with Gasteiger partial charge in [-0.1, -0.05) is 12.1 Å². The van der Waals surface area contributed by atoms with Crippen LogP contribution in [0.2, 0.25) is 0 Å². The summed E-state index contributed by atoms with van der Waals surface area (Å²) >= 11 is 3.42. The number of hydrogen-bond acceptors (Lipinski definition) is 5. The largest absolute Gasteiger partial charge is 0.449 e. The van der Waals surface area contributed by atoms with Gasteiger partial charge in [0.05, 0.1) is 11.7 Å². The van der Waals surface area contributed by atoms with Crippen LogP contribution in [-0.4, -0.2) is 26.5 Å². The molecule has 2 aromatic heterocycles. The summed E-state index contributed by atoms with van der Waals surface area (Å²) in [6.07, 6.45) is 2.71. The molecule has 0 aromatic carbocycles. The van der Waals surface area contributed by atoms with Crippen LogP contribution in [0.4, 0.5) is 0 Å². The first-order valence-corrected chi connectivity index (χ1v) is 6.63. The minimum absolute atomic E-state index is 0.0724. The number of aryl methyl sites for hydroxylation is 2. The third kappa shape index (κ3) is 2.62. The van der Waals surface area contributed by atoms with E-state index in [9.17, 15) is 0 Å². The maximum Gasteiger partial charge on any atom is 0.191 e. The highest BCUT2D eigenvalue weighted by Crippen LogP contribution is 2.26. The lowest BCUT2D eigenvalue weighted by molar-refractivity contribution is 0.513. The first kappa shape index (κ1) is 13.2. The van der Waals surface area contributed by atoms with Crippen molar-refractivity contribution >= 4 is 15.9 Å². The molecule has 0 aliphatic carbocycles. The molecular weight excluding hydrogens is 298 g/mol. The van der Waals surface area contributed by atoms with Gasteiger partial charge < -0.3 is 9.73 Å². The summed E-state index contributed by atoms with van der Waals surface area (Å²) in [5.41, 5.74) is 1.78. The molecule has 0 aliphatic rings. The van der Waals surface area contributed by atoms with Crippen molar-refractivity contribution in [3.63, 3.8) is 0 Å². The summed E-state index contributed by atoms with van der Waals surface area (Å²) in [6.45, 7) is 4.83. The van der Waals surface area contributed by atoms with E-state index in [1.54, 1.807) is 10.9 Å². The molecule has 0 saturated heterocycles. The third-order valence-corrected chi connectivity index (χ3v) is 3.20. The smallest absolute Gasteiger partial charge is 0.191 e. The summed E-state index contributed by atoms with van der Waals surface area (Å²) in [4.78, 5) is 4.38. The number of halogens is 1. The van der Waals surface area contributed by atoms with Gasteiger partial charge in [-0.3, -0.25) is 0 Å². The lowest BCUT2D eigenvalue weighted by Gasteiger charge is -2.16. The summed E-state index contributed by atoms with van der Waals surface area (Å²) in [7, 11) is 1.86. The first-order valence-electron chi connectivity index (χ1n) is 5.84. The van der Waals surface area contributed by atoms with Gasteiger partial charge in [0.25, 0.3) is 0 Å². The molecule has 1 atom stereocenters. The normalized spacial score (nSPS) is 12.9. The fourth-order valence-corrected chi connectivity index (χ4v) is 2.34. The van der Waals surface area contributed by atoms with Crippen LogP contribution in [0, 0.1) is 6.92 Å². The Labute approximate surface area is 114 Å². The van der Waals surface area contributed by atoms with Gasteiger partial charge in [0.1, 0.15) is 12.0 Å². The molecule has 98 valence electrons. The van der Waals surface area contributed by atoms with Crippen molar-refractivity contribution in [3.05, 3.63) is 28.1 Å². The number of rotatable bonds is 5. The van der Waals surface area contributed by atoms with Gasteiger partial charge in [-0.25, -0.2) is 9.67 Å². The molecule has 0 amide bonds. The Hall–Kier alpha value is -1.21. The molecule has 6 nitrogen and oxygen atoms in total. The summed E-state index contributed by atoms with van der Waals surface area (Å²) in [5, 5.41) is 11.4. The van der Waals surface area contributed by atoms with Crippen molar-refractivity contribution in [3.8, 4) is 0 Å². The molecule has 0 radical (unpaired) electrons. The second-order valence-electron chi connectivity index (χ2n) is 4.07. The van der Waals surface area contributed by atoms with Crippen LogP contribution in [0.1, 0.15) is 36.7 Å². The predicted octanol–water partition coefficient (Wildman–Crippen LogP) is 1.96. The minimum Gasteiger partial charge on any atom is -0.449 e. The van der Waals surface area contributed by atoms with Crippen molar-refractivity contribution in [2.75, 3.05) is 6.54 Å². The third-order valence-electron chi connectivity index (χ3n) is 2.63. The molecule has 0 saturated carbocycles. The fourth-order valence-electron chi connectivity index (χ4n) is 1.79. The minimum atomic E-state index is -0.0724. The Bertz CT molecular complexity index is 502. The van der Waals surface area contributed by atoms with E-state index in [0.717, 1.165) is 29.0 Å². The molecule has 1 unspecified atom stereocenters. The maximum atomic E-state index is 5.29. The van der Waals surface area contributed by atoms with Crippen molar-refractivity contribution in [2.24, 2.45) is 7.05 Å². The van der Waals surface area contributed by atoms with Crippen LogP contribution in [-0.2, 0) is 7.05 Å². The van der Waals surface area contributed by atoms with Gasteiger partial charge in [0, 0.05) is 14.0 Å². The number of oxazole rings is 1. The fraction of sp³-hybridized carbons (Fsp3) is 0.545. The van der Waals surface area contributed by atoms with E-state index in [0.29, 0.717) is 5.89 Å². The zero-order valence-corrected chi connectivity index (χ0v) is 12.2. The second-order valence-corrected chi connectivity index (χ2v) is 4.82. The average Bonchev–Trinajstić information content (AvgIpc) is 2.90. The van der Waals surface area contributed by atoms with Crippen LogP contribution >= 0.6 is 15.9 Å². The Kier molecular flexibility index (Phi) is 4.13. The van der Waals surface area contributed by atoms with Crippen molar-refractivity contribution in [1.82, 2.24) is 25.3 Å². The van der Waals surface area contributed by atoms with Gasteiger partial charge in [0.15, 0.2) is 10.5 Å². The highest BCUT2D eigenvalue weighted by Gasteiger charge is 2.24. The highest BCUT2D eigenvalue weighted by atomic mass is 79.9. The predicted molar refractivity (Wildman–Crippen MR) is 70.1 cm³/mol. The van der Waals surface area contributed by atoms with Crippen molar-refractivity contribution < 1.29 is 4.42 Å². The standard InChI is InChI=1S/C11H16BrN5O/c1-4-5-13-9(8-6-18-7(2)14-8)10-11(12)15-16-17(10)3/h6,9,13H,4-5H2,1-3H3. The first-order chi connectivity index (χ1) is 8.63. The van der Waals surface area contributed by atoms with E-state index in [1.165, 1.54) is 0 Å². The van der Waals surface area contributed by atoms with E-state index in [2.05, 4.69) is 43.5 Å². The number of hydrogen-bond donors (Lipinski definition) is 1. The second kappa shape index (κ2) is 5.62. The molecule has 2 rings (SSSR count). The van der Waals surface area contributed by atoms with Gasteiger partial charge >= 0.3 is 0 Å². The summed E-state index contributed by atoms with van der Waals surface area (Å²) in [6, 6.07) is -0.0724. The Morgan fingerprint density at radius 3 is 2.83 bits per heavy atom. The SMILES string of the molecule is CCCNC(c1coc(C)n1)c1c(Br)nnn1C. The molecular formula is C11H16BrN5O. The Morgan fingerprint density at radius 2 is 2.33 bits per heavy atom. The molecule has 2 heterocycles. The highest BCUT2D eigenvalue weighted by molar-refractivity contribution is 9.10. The zero-order valence-electron chi connectivity index (χ0n) is 10.6. The average molecular weight is 314 g/mol. The van der Waals surface area contributed by atoms with Crippen molar-refractivity contribution in [2.45, 2.75) is 26.3 Å². The van der Waals surface area contributed by atoms with E-state index in [1.807, 2.05) is 14.0 Å². The van der Waals surface area contributed by atoms with Gasteiger partial charge in [0.2, 0.25) is 0 Å². The van der Waals surface area contributed by atoms with Crippen LogP contribution in [0.3, 0.4) is 0 Å². The number of nitrogens with zero attached hydrogens (tertiary/aromatic N) is 4. The topological polar surface area (TPSA) is 68.8 Å². The molecule has 1 N–H and O–H groups in total. The quantitative estimate of drug-likeness (QED) is 0.914. The van der Waals surface area contributed by atoms with E-state index < -0.39 is 0 Å². The van der Waals surface area contributed by atoms with E-state index in [-0.39, 0.29) is 6.04 Å². The van der Waals surface area contributed by atoms with Crippen molar-refractivity contribution in [1.29, 1.82) is 0 Å². The molecule has 0 fully saturated rings. The monoisotopic (exact) mass is 313 g/mol. The van der Waals surface area contributed by atoms with Crippen LogP contribution < -0.4 is 5.32 Å². The summed E-state index contributed by atoms with van der Waals surface area (Å²) < 4.78 is 7.75. The molecule has 2 aromatic rings. The Morgan fingerprint density at radius 1 is 1.56 bits per heavy atom. The summed E-state index contributed by atoms with van der Waals surface area (Å²) in [5.74, 6) is 0.652. The van der Waals surface area contributed by atoms with Gasteiger partial charge in [-0.05, 0) is 28.9 Å². The molecule has 0 aliphatic heterocycles. The Balaban J connectivity index is 2.36. The maximum absolute atomic E-state index is 5.29. The van der Waals surface area contributed by atoms with E-state index >= 15 is 0 Å². The van der Waals surface area contributed by atoms with Crippen LogP contribution in [0.25, 0.3) is 0 Å². The lowest BCUT2D eigenvalue weighted by Crippen LogP contribution is -2.26. The number of nitrogens with one attached hydrogen (secondary N) is 1. The number of aromatic nitrogens is 4. The van der Waals surface area contributed by atoms with Gasteiger partial charge in [-0.2, -0.15) is 0 Å². The van der Waals surface area contributed by atoms with Gasteiger partial charge in [-0.15, -0.1) is 5.10 Å². The molecule has 0 bridgehead atoms. The molecule has 7 heteroatoms. The molecule has 0 spiro atoms. The lowest BCUT2D eigenvalue weighted by atomic mass is 10.1. The molecule has 18 heavy (non-hydrogen) atoms. The van der Waals surface area contributed by atoms with Crippen LogP contribution in [0.5, 0.6) is 0 Å².